The Morgan fingerprint density at radius 3 is 1.76 bits per heavy atom. The molecule has 0 aliphatic carbocycles. The highest BCUT2D eigenvalue weighted by Crippen LogP contribution is 2.18. The van der Waals surface area contributed by atoms with E-state index in [1.165, 1.54) is 11.1 Å². The fourth-order valence-electron chi connectivity index (χ4n) is 3.07. The third-order valence-electron chi connectivity index (χ3n) is 4.86. The number of carbonyl (C=O) groups is 1. The molecular weight excluding hydrogens is 310 g/mol. The van der Waals surface area contributed by atoms with Gasteiger partial charge in [0.25, 0.3) is 0 Å². The van der Waals surface area contributed by atoms with E-state index in [0.717, 1.165) is 0 Å². The molecule has 0 saturated heterocycles. The summed E-state index contributed by atoms with van der Waals surface area (Å²) in [6.07, 6.45) is 0.0158. The number of aliphatic hydroxyl groups is 1. The molecular formula is C22H29NO2. The number of aliphatic hydroxyl groups excluding tert-OH is 1. The second-order valence-corrected chi connectivity index (χ2v) is 6.72. The van der Waals surface area contributed by atoms with Crippen molar-refractivity contribution in [2.75, 3.05) is 0 Å². The van der Waals surface area contributed by atoms with Crippen LogP contribution in [0.1, 0.15) is 38.3 Å². The number of Topliss-reactive ketones (excluding diaryl/α,β-unsaturated/α-hetero) is 1. The van der Waals surface area contributed by atoms with Crippen LogP contribution in [0, 0.1) is 5.92 Å². The van der Waals surface area contributed by atoms with Crippen LogP contribution >= 0.6 is 0 Å². The monoisotopic (exact) mass is 339 g/mol. The molecule has 0 heterocycles. The minimum absolute atomic E-state index is 0.0983. The van der Waals surface area contributed by atoms with Crippen LogP contribution in [-0.2, 0) is 17.9 Å². The number of nitrogens with zero attached hydrogens (tertiary/aromatic N) is 1. The predicted octanol–water partition coefficient (Wildman–Crippen LogP) is 4.05. The van der Waals surface area contributed by atoms with Crippen LogP contribution in [0.2, 0.25) is 0 Å². The van der Waals surface area contributed by atoms with Crippen molar-refractivity contribution in [3.05, 3.63) is 71.8 Å². The van der Waals surface area contributed by atoms with Crippen molar-refractivity contribution in [2.24, 2.45) is 5.92 Å². The highest BCUT2D eigenvalue weighted by Gasteiger charge is 2.29. The second-order valence-electron chi connectivity index (χ2n) is 6.72. The number of hydrogen-bond donors (Lipinski definition) is 1. The lowest BCUT2D eigenvalue weighted by molar-refractivity contribution is -0.131. The van der Waals surface area contributed by atoms with Crippen LogP contribution in [0.4, 0.5) is 0 Å². The van der Waals surface area contributed by atoms with Crippen molar-refractivity contribution < 1.29 is 9.90 Å². The van der Waals surface area contributed by atoms with Gasteiger partial charge in [-0.3, -0.25) is 9.69 Å². The molecule has 25 heavy (non-hydrogen) atoms. The van der Waals surface area contributed by atoms with E-state index in [4.69, 9.17) is 0 Å². The van der Waals surface area contributed by atoms with Gasteiger partial charge < -0.3 is 5.11 Å². The lowest BCUT2D eigenvalue weighted by Gasteiger charge is -2.31. The topological polar surface area (TPSA) is 40.5 Å². The Labute approximate surface area is 151 Å². The van der Waals surface area contributed by atoms with E-state index in [1.54, 1.807) is 0 Å². The Bertz CT molecular complexity index is 600. The Hall–Kier alpha value is -1.97. The maximum absolute atomic E-state index is 12.9. The maximum Gasteiger partial charge on any atom is 0.155 e. The van der Waals surface area contributed by atoms with Crippen molar-refractivity contribution in [1.29, 1.82) is 0 Å². The van der Waals surface area contributed by atoms with E-state index in [-0.39, 0.29) is 17.7 Å². The van der Waals surface area contributed by atoms with Crippen LogP contribution in [-0.4, -0.2) is 27.9 Å². The lowest BCUT2D eigenvalue weighted by Crippen LogP contribution is -2.43. The molecule has 0 amide bonds. The SMILES string of the molecule is CC[C@H](O)[C@H](C)C(=O)[C@H](C)N(Cc1ccccc1)Cc1ccccc1. The van der Waals surface area contributed by atoms with Gasteiger partial charge in [-0.05, 0) is 24.5 Å². The maximum atomic E-state index is 12.9. The smallest absolute Gasteiger partial charge is 0.155 e. The lowest BCUT2D eigenvalue weighted by atomic mass is 9.92. The van der Waals surface area contributed by atoms with Crippen molar-refractivity contribution in [2.45, 2.75) is 52.4 Å². The molecule has 3 nitrogen and oxygen atoms in total. The average molecular weight is 339 g/mol. The molecule has 1 N–H and O–H groups in total. The Kier molecular flexibility index (Phi) is 7.35. The second kappa shape index (κ2) is 9.50. The predicted molar refractivity (Wildman–Crippen MR) is 102 cm³/mol. The number of carbonyl (C=O) groups excluding carboxylic acids is 1. The van der Waals surface area contributed by atoms with Crippen LogP contribution in [0.5, 0.6) is 0 Å². The highest BCUT2D eigenvalue weighted by atomic mass is 16.3. The number of benzene rings is 2. The van der Waals surface area contributed by atoms with Crippen LogP contribution < -0.4 is 0 Å². The number of rotatable bonds is 9. The normalized spacial score (nSPS) is 14.9. The first-order valence-electron chi connectivity index (χ1n) is 9.06. The van der Waals surface area contributed by atoms with Crippen LogP contribution in [0.15, 0.2) is 60.7 Å². The van der Waals surface area contributed by atoms with E-state index < -0.39 is 6.10 Å². The standard InChI is InChI=1S/C22H29NO2/c1-4-21(24)17(2)22(25)18(3)23(15-19-11-7-5-8-12-19)16-20-13-9-6-10-14-20/h5-14,17-18,21,24H,4,15-16H2,1-3H3/t17-,18-,21-/m0/s1. The van der Waals surface area contributed by atoms with Gasteiger partial charge >= 0.3 is 0 Å². The minimum Gasteiger partial charge on any atom is -0.392 e. The van der Waals surface area contributed by atoms with Gasteiger partial charge in [0.1, 0.15) is 0 Å². The van der Waals surface area contributed by atoms with Crippen molar-refractivity contribution in [3.63, 3.8) is 0 Å². The van der Waals surface area contributed by atoms with Crippen LogP contribution in [0.3, 0.4) is 0 Å². The fraction of sp³-hybridized carbons (Fsp3) is 0.409. The van der Waals surface area contributed by atoms with Gasteiger partial charge in [-0.1, -0.05) is 74.5 Å². The highest BCUT2D eigenvalue weighted by molar-refractivity contribution is 5.86. The molecule has 0 saturated carbocycles. The van der Waals surface area contributed by atoms with Gasteiger partial charge in [-0.15, -0.1) is 0 Å². The molecule has 2 rings (SSSR count). The van der Waals surface area contributed by atoms with E-state index in [0.29, 0.717) is 19.5 Å². The zero-order valence-corrected chi connectivity index (χ0v) is 15.4. The zero-order chi connectivity index (χ0) is 18.2. The molecule has 0 bridgehead atoms. The molecule has 3 heteroatoms. The summed E-state index contributed by atoms with van der Waals surface area (Å²) in [5.74, 6) is -0.254. The van der Waals surface area contributed by atoms with Crippen molar-refractivity contribution in [3.8, 4) is 0 Å². The molecule has 0 radical (unpaired) electrons. The van der Waals surface area contributed by atoms with Crippen LogP contribution in [0.25, 0.3) is 0 Å². The number of ketones is 1. The van der Waals surface area contributed by atoms with E-state index in [9.17, 15) is 9.90 Å². The molecule has 2 aromatic rings. The first kappa shape index (κ1) is 19.4. The third-order valence-corrected chi connectivity index (χ3v) is 4.86. The molecule has 0 aromatic heterocycles. The van der Waals surface area contributed by atoms with Crippen molar-refractivity contribution >= 4 is 5.78 Å². The summed E-state index contributed by atoms with van der Waals surface area (Å²) in [5.41, 5.74) is 2.36. The fourth-order valence-corrected chi connectivity index (χ4v) is 3.07. The zero-order valence-electron chi connectivity index (χ0n) is 15.4. The van der Waals surface area contributed by atoms with Gasteiger partial charge in [0, 0.05) is 19.0 Å². The summed E-state index contributed by atoms with van der Waals surface area (Å²) in [4.78, 5) is 15.0. The molecule has 3 atom stereocenters. The summed E-state index contributed by atoms with van der Waals surface area (Å²) < 4.78 is 0. The van der Waals surface area contributed by atoms with Gasteiger partial charge in [0.2, 0.25) is 0 Å². The van der Waals surface area contributed by atoms with E-state index in [1.807, 2.05) is 57.2 Å². The molecule has 0 aliphatic rings. The molecule has 0 unspecified atom stereocenters. The quantitative estimate of drug-likeness (QED) is 0.749. The first-order chi connectivity index (χ1) is 12.0. The van der Waals surface area contributed by atoms with Gasteiger partial charge in [-0.25, -0.2) is 0 Å². The summed E-state index contributed by atoms with van der Waals surface area (Å²) in [6, 6.07) is 20.2. The van der Waals surface area contributed by atoms with E-state index >= 15 is 0 Å². The van der Waals surface area contributed by atoms with Gasteiger partial charge in [-0.2, -0.15) is 0 Å². The molecule has 0 aliphatic heterocycles. The van der Waals surface area contributed by atoms with E-state index in [2.05, 4.69) is 29.2 Å². The van der Waals surface area contributed by atoms with Gasteiger partial charge in [0.15, 0.2) is 5.78 Å². The van der Waals surface area contributed by atoms with Gasteiger partial charge in [0.05, 0.1) is 12.1 Å². The number of hydrogen-bond acceptors (Lipinski definition) is 3. The summed E-state index contributed by atoms with van der Waals surface area (Å²) in [7, 11) is 0. The first-order valence-corrected chi connectivity index (χ1v) is 9.06. The average Bonchev–Trinajstić information content (AvgIpc) is 2.66. The molecule has 0 spiro atoms. The Morgan fingerprint density at radius 1 is 0.920 bits per heavy atom. The summed E-state index contributed by atoms with van der Waals surface area (Å²) >= 11 is 0. The molecule has 0 fully saturated rings. The minimum atomic E-state index is -0.578. The summed E-state index contributed by atoms with van der Waals surface area (Å²) in [5, 5.41) is 10.1. The summed E-state index contributed by atoms with van der Waals surface area (Å²) in [6.45, 7) is 7.10. The van der Waals surface area contributed by atoms with Crippen molar-refractivity contribution in [1.82, 2.24) is 4.90 Å². The molecule has 2 aromatic carbocycles. The Morgan fingerprint density at radius 2 is 1.36 bits per heavy atom. The Balaban J connectivity index is 2.19. The molecule has 134 valence electrons. The largest absolute Gasteiger partial charge is 0.392 e. The third kappa shape index (κ3) is 5.52.